The Balaban J connectivity index is 1.81. The van der Waals surface area contributed by atoms with Gasteiger partial charge in [-0.25, -0.2) is 13.8 Å². The van der Waals surface area contributed by atoms with Crippen LogP contribution < -0.4 is 10.2 Å². The van der Waals surface area contributed by atoms with Gasteiger partial charge in [0.25, 0.3) is 0 Å². The molecule has 3 aromatic rings. The molecule has 1 aliphatic rings. The number of anilines is 2. The van der Waals surface area contributed by atoms with Crippen LogP contribution >= 0.6 is 11.8 Å². The van der Waals surface area contributed by atoms with E-state index < -0.39 is 17.2 Å². The van der Waals surface area contributed by atoms with E-state index in [0.717, 1.165) is 40.9 Å². The van der Waals surface area contributed by atoms with Gasteiger partial charge in [-0.1, -0.05) is 6.58 Å². The maximum Gasteiger partial charge on any atom is 0.153 e. The highest BCUT2D eigenvalue weighted by Gasteiger charge is 2.33. The highest BCUT2D eigenvalue weighted by atomic mass is 32.2. The Bertz CT molecular complexity index is 1450. The fourth-order valence-electron chi connectivity index (χ4n) is 4.51. The number of aromatic nitrogens is 4. The smallest absolute Gasteiger partial charge is 0.153 e. The number of aliphatic imine (C=N–C) groups is 1. The summed E-state index contributed by atoms with van der Waals surface area (Å²) in [6.07, 6.45) is 5.44. The fourth-order valence-corrected chi connectivity index (χ4v) is 4.95. The minimum atomic E-state index is -0.931. The topological polar surface area (TPSA) is 94.4 Å². The summed E-state index contributed by atoms with van der Waals surface area (Å²) in [5, 5.41) is 25.4. The van der Waals surface area contributed by atoms with Gasteiger partial charge >= 0.3 is 0 Å². The summed E-state index contributed by atoms with van der Waals surface area (Å²) < 4.78 is 31.7. The molecule has 0 saturated heterocycles. The number of rotatable bonds is 10. The summed E-state index contributed by atoms with van der Waals surface area (Å²) in [5.41, 5.74) is 3.11. The number of amidine groups is 1. The number of H-pyrrole nitrogens is 1. The number of aromatic amines is 1. The molecule has 40 heavy (non-hydrogen) atoms. The van der Waals surface area contributed by atoms with Crippen LogP contribution in [0.15, 0.2) is 52.3 Å². The fraction of sp³-hybridized carbons (Fsp3) is 0.414. The van der Waals surface area contributed by atoms with Crippen molar-refractivity contribution < 1.29 is 13.9 Å². The van der Waals surface area contributed by atoms with Crippen LogP contribution in [-0.4, -0.2) is 49.8 Å². The number of aliphatic hydroxyl groups is 1. The number of aryl methyl sites for hydroxylation is 1. The van der Waals surface area contributed by atoms with Crippen LogP contribution in [0.2, 0.25) is 0 Å². The van der Waals surface area contributed by atoms with E-state index in [1.807, 2.05) is 19.9 Å². The number of allylic oxidation sites excluding steroid dienone is 2. The van der Waals surface area contributed by atoms with Crippen molar-refractivity contribution in [2.75, 3.05) is 23.5 Å². The first-order valence-electron chi connectivity index (χ1n) is 13.1. The third-order valence-corrected chi connectivity index (χ3v) is 7.51. The summed E-state index contributed by atoms with van der Waals surface area (Å²) in [7, 11) is 1.59. The Kier molecular flexibility index (Phi) is 8.55. The minimum Gasteiger partial charge on any atom is -0.389 e. The van der Waals surface area contributed by atoms with Gasteiger partial charge in [0.1, 0.15) is 17.3 Å². The number of nitrogens with zero attached hydrogens (tertiary/aromatic N) is 5. The van der Waals surface area contributed by atoms with Crippen molar-refractivity contribution in [1.82, 2.24) is 20.0 Å². The molecule has 214 valence electrons. The maximum absolute atomic E-state index is 15.0. The maximum atomic E-state index is 15.0. The minimum absolute atomic E-state index is 0.176. The molecule has 0 aliphatic heterocycles. The molecule has 0 spiro atoms. The van der Waals surface area contributed by atoms with E-state index in [2.05, 4.69) is 27.2 Å². The van der Waals surface area contributed by atoms with Gasteiger partial charge in [-0.05, 0) is 77.3 Å². The van der Waals surface area contributed by atoms with Crippen molar-refractivity contribution in [3.05, 3.63) is 71.0 Å². The van der Waals surface area contributed by atoms with Crippen molar-refractivity contribution in [3.8, 4) is 0 Å². The number of hydrogen-bond donors (Lipinski definition) is 3. The summed E-state index contributed by atoms with van der Waals surface area (Å²) >= 11 is 1.27. The van der Waals surface area contributed by atoms with Crippen LogP contribution in [0.1, 0.15) is 50.6 Å². The van der Waals surface area contributed by atoms with E-state index >= 15 is 0 Å². The van der Waals surface area contributed by atoms with E-state index in [1.54, 1.807) is 45.0 Å². The SMILES string of the molecule is C=C(/C(=C(\N=C(/C)N(C)c1c(F)cc(SC)cc1F)Nc1cc(C)[nH]n1)C1CC1)c1cnn(CC(C)(C)O)c1C. The van der Waals surface area contributed by atoms with Crippen molar-refractivity contribution in [3.63, 3.8) is 0 Å². The molecule has 1 fully saturated rings. The largest absolute Gasteiger partial charge is 0.389 e. The molecule has 0 unspecified atom stereocenters. The molecule has 1 aromatic carbocycles. The van der Waals surface area contributed by atoms with Gasteiger partial charge < -0.3 is 15.3 Å². The first-order valence-corrected chi connectivity index (χ1v) is 14.3. The van der Waals surface area contributed by atoms with Crippen molar-refractivity contribution >= 4 is 34.7 Å². The first-order chi connectivity index (χ1) is 18.8. The zero-order chi connectivity index (χ0) is 29.4. The highest BCUT2D eigenvalue weighted by molar-refractivity contribution is 7.98. The highest BCUT2D eigenvalue weighted by Crippen LogP contribution is 2.45. The second kappa shape index (κ2) is 11.6. The molecule has 0 radical (unpaired) electrons. The third kappa shape index (κ3) is 6.64. The van der Waals surface area contributed by atoms with Gasteiger partial charge in [0.15, 0.2) is 17.5 Å². The lowest BCUT2D eigenvalue weighted by molar-refractivity contribution is 0.0570. The second-order valence-electron chi connectivity index (χ2n) is 10.8. The quantitative estimate of drug-likeness (QED) is 0.115. The average molecular weight is 570 g/mol. The predicted octanol–water partition coefficient (Wildman–Crippen LogP) is 6.30. The van der Waals surface area contributed by atoms with Crippen LogP contribution in [0.5, 0.6) is 0 Å². The zero-order valence-electron chi connectivity index (χ0n) is 24.1. The Morgan fingerprint density at radius 3 is 2.45 bits per heavy atom. The normalized spacial score (nSPS) is 14.8. The molecule has 0 bridgehead atoms. The molecule has 0 amide bonds. The van der Waals surface area contributed by atoms with Crippen LogP contribution in [-0.2, 0) is 6.54 Å². The zero-order valence-corrected chi connectivity index (χ0v) is 24.9. The van der Waals surface area contributed by atoms with Gasteiger partial charge in [-0.15, -0.1) is 11.8 Å². The number of halogens is 2. The molecular weight excluding hydrogens is 532 g/mol. The summed E-state index contributed by atoms with van der Waals surface area (Å²) in [6, 6.07) is 4.49. The first kappa shape index (κ1) is 29.5. The number of thioether (sulfide) groups is 1. The van der Waals surface area contributed by atoms with Gasteiger partial charge in [0.05, 0.1) is 18.3 Å². The van der Waals surface area contributed by atoms with Crippen molar-refractivity contribution in [1.29, 1.82) is 0 Å². The van der Waals surface area contributed by atoms with Crippen LogP contribution in [0.4, 0.5) is 20.3 Å². The molecule has 11 heteroatoms. The molecule has 8 nitrogen and oxygen atoms in total. The Labute approximate surface area is 238 Å². The van der Waals surface area contributed by atoms with E-state index in [0.29, 0.717) is 28.9 Å². The number of benzene rings is 1. The van der Waals surface area contributed by atoms with E-state index in [-0.39, 0.29) is 11.6 Å². The molecular formula is C29H37F2N7OS. The average Bonchev–Trinajstić information content (AvgIpc) is 3.52. The molecule has 0 atom stereocenters. The van der Waals surface area contributed by atoms with Crippen LogP contribution in [0, 0.1) is 31.4 Å². The Morgan fingerprint density at radius 2 is 1.93 bits per heavy atom. The van der Waals surface area contributed by atoms with E-state index in [1.165, 1.54) is 28.8 Å². The monoisotopic (exact) mass is 569 g/mol. The van der Waals surface area contributed by atoms with Crippen LogP contribution in [0.25, 0.3) is 5.57 Å². The molecule has 2 aromatic heterocycles. The lowest BCUT2D eigenvalue weighted by atomic mass is 9.96. The lowest BCUT2D eigenvalue weighted by Gasteiger charge is -2.22. The molecule has 1 saturated carbocycles. The van der Waals surface area contributed by atoms with Crippen LogP contribution in [0.3, 0.4) is 0 Å². The lowest BCUT2D eigenvalue weighted by Crippen LogP contribution is -2.27. The van der Waals surface area contributed by atoms with Crippen molar-refractivity contribution in [2.24, 2.45) is 10.9 Å². The second-order valence-corrected chi connectivity index (χ2v) is 11.7. The molecule has 3 N–H and O–H groups in total. The summed E-state index contributed by atoms with van der Waals surface area (Å²) in [6.45, 7) is 13.8. The number of nitrogens with one attached hydrogen (secondary N) is 2. The van der Waals surface area contributed by atoms with E-state index in [4.69, 9.17) is 4.99 Å². The summed E-state index contributed by atoms with van der Waals surface area (Å²) in [4.78, 5) is 6.79. The van der Waals surface area contributed by atoms with E-state index in [9.17, 15) is 13.9 Å². The standard InChI is InChI=1S/C29H37F2N7OS/c1-16-11-25(36-35-16)34-28(33-19(4)37(7)27-23(30)12-21(40-8)13-24(27)31)26(20-9-10-20)17(2)22-14-32-38(18(22)3)15-29(5,6)39/h11-14,20,39H,2,9-10,15H2,1,3-8H3,(H2,34,35,36)/b28-26-,33-19+. The van der Waals surface area contributed by atoms with Gasteiger partial charge in [0, 0.05) is 40.5 Å². The number of hydrogen-bond acceptors (Lipinski definition) is 6. The Morgan fingerprint density at radius 1 is 1.27 bits per heavy atom. The molecule has 2 heterocycles. The van der Waals surface area contributed by atoms with Crippen molar-refractivity contribution in [2.45, 2.75) is 64.5 Å². The van der Waals surface area contributed by atoms with Gasteiger partial charge in [-0.2, -0.15) is 10.2 Å². The third-order valence-electron chi connectivity index (χ3n) is 6.80. The van der Waals surface area contributed by atoms with Gasteiger partial charge in [0.2, 0.25) is 0 Å². The van der Waals surface area contributed by atoms with Gasteiger partial charge in [-0.3, -0.25) is 9.78 Å². The molecule has 4 rings (SSSR count). The Hall–Kier alpha value is -3.44. The predicted molar refractivity (Wildman–Crippen MR) is 159 cm³/mol. The molecule has 1 aliphatic carbocycles. The summed E-state index contributed by atoms with van der Waals surface area (Å²) in [5.74, 6) is 0.315.